The molecule has 0 bridgehead atoms. The normalized spacial score (nSPS) is 10.2. The number of carbonyl (C=O) groups is 1. The quantitative estimate of drug-likeness (QED) is 0.796. The van der Waals surface area contributed by atoms with Crippen molar-refractivity contribution in [1.29, 1.82) is 0 Å². The second kappa shape index (κ2) is 7.60. The summed E-state index contributed by atoms with van der Waals surface area (Å²) in [5.74, 6) is 1.49. The molecule has 1 amide bonds. The van der Waals surface area contributed by atoms with Gasteiger partial charge in [-0.1, -0.05) is 11.6 Å². The van der Waals surface area contributed by atoms with E-state index in [4.69, 9.17) is 20.8 Å². The highest BCUT2D eigenvalue weighted by Gasteiger charge is 2.03. The van der Waals surface area contributed by atoms with Gasteiger partial charge in [0.15, 0.2) is 0 Å². The van der Waals surface area contributed by atoms with Gasteiger partial charge in [0.25, 0.3) is 0 Å². The van der Waals surface area contributed by atoms with Crippen molar-refractivity contribution in [2.75, 3.05) is 6.61 Å². The fraction of sp³-hybridized carbons (Fsp3) is 0.267. The number of nitrogens with one attached hydrogen (secondary N) is 1. The van der Waals surface area contributed by atoms with E-state index in [1.807, 2.05) is 6.07 Å². The molecule has 4 nitrogen and oxygen atoms in total. The molecule has 20 heavy (non-hydrogen) atoms. The summed E-state index contributed by atoms with van der Waals surface area (Å²) in [6, 6.07) is 10.8. The highest BCUT2D eigenvalue weighted by molar-refractivity contribution is 6.30. The first-order valence-electron chi connectivity index (χ1n) is 6.41. The van der Waals surface area contributed by atoms with Crippen LogP contribution < -0.4 is 10.1 Å². The van der Waals surface area contributed by atoms with Gasteiger partial charge in [0.2, 0.25) is 5.91 Å². The molecule has 2 rings (SSSR count). The predicted molar refractivity (Wildman–Crippen MR) is 76.7 cm³/mol. The molecular weight excluding hydrogens is 278 g/mol. The molecular formula is C15H16ClNO3. The van der Waals surface area contributed by atoms with Crippen LogP contribution in [0.2, 0.25) is 5.02 Å². The first-order valence-corrected chi connectivity index (χ1v) is 6.79. The molecule has 0 aliphatic rings. The summed E-state index contributed by atoms with van der Waals surface area (Å²) in [7, 11) is 0. The molecule has 1 heterocycles. The molecule has 0 saturated carbocycles. The number of ether oxygens (including phenoxy) is 1. The molecule has 1 aromatic heterocycles. The fourth-order valence-corrected chi connectivity index (χ4v) is 1.77. The topological polar surface area (TPSA) is 51.5 Å². The van der Waals surface area contributed by atoms with Crippen molar-refractivity contribution in [3.8, 4) is 5.75 Å². The Morgan fingerprint density at radius 2 is 2.05 bits per heavy atom. The molecule has 0 spiro atoms. The zero-order valence-corrected chi connectivity index (χ0v) is 11.7. The Bertz CT molecular complexity index is 523. The predicted octanol–water partition coefficient (Wildman–Crippen LogP) is 3.41. The standard InChI is InChI=1S/C15H16ClNO3/c16-12-5-7-13(8-6-12)19-10-2-4-15(18)17-11-14-3-1-9-20-14/h1,3,5-9H,2,4,10-11H2,(H,17,18). The molecule has 0 radical (unpaired) electrons. The Kier molecular flexibility index (Phi) is 5.50. The summed E-state index contributed by atoms with van der Waals surface area (Å²) in [5.41, 5.74) is 0. The van der Waals surface area contributed by atoms with E-state index in [1.165, 1.54) is 0 Å². The third kappa shape index (κ3) is 4.97. The van der Waals surface area contributed by atoms with Gasteiger partial charge in [-0.2, -0.15) is 0 Å². The van der Waals surface area contributed by atoms with Crippen molar-refractivity contribution in [3.05, 3.63) is 53.4 Å². The van der Waals surface area contributed by atoms with Gasteiger partial charge in [-0.3, -0.25) is 4.79 Å². The van der Waals surface area contributed by atoms with Crippen molar-refractivity contribution < 1.29 is 13.9 Å². The highest BCUT2D eigenvalue weighted by Crippen LogP contribution is 2.15. The lowest BCUT2D eigenvalue weighted by atomic mass is 10.3. The number of halogens is 1. The SMILES string of the molecule is O=C(CCCOc1ccc(Cl)cc1)NCc1ccco1. The second-order valence-electron chi connectivity index (χ2n) is 4.26. The van der Waals surface area contributed by atoms with E-state index < -0.39 is 0 Å². The summed E-state index contributed by atoms with van der Waals surface area (Å²) in [6.45, 7) is 0.916. The third-order valence-corrected chi connectivity index (χ3v) is 2.92. The van der Waals surface area contributed by atoms with Crippen LogP contribution in [-0.4, -0.2) is 12.5 Å². The van der Waals surface area contributed by atoms with Crippen LogP contribution in [0, 0.1) is 0 Å². The van der Waals surface area contributed by atoms with Crippen LogP contribution in [0.25, 0.3) is 0 Å². The Labute approximate surface area is 122 Å². The number of amides is 1. The van der Waals surface area contributed by atoms with Crippen LogP contribution in [0.1, 0.15) is 18.6 Å². The van der Waals surface area contributed by atoms with Crippen molar-refractivity contribution in [2.45, 2.75) is 19.4 Å². The molecule has 0 atom stereocenters. The van der Waals surface area contributed by atoms with E-state index in [-0.39, 0.29) is 5.91 Å². The second-order valence-corrected chi connectivity index (χ2v) is 4.70. The highest BCUT2D eigenvalue weighted by atomic mass is 35.5. The first-order chi connectivity index (χ1) is 9.74. The van der Waals surface area contributed by atoms with E-state index >= 15 is 0 Å². The molecule has 0 aliphatic carbocycles. The van der Waals surface area contributed by atoms with E-state index in [9.17, 15) is 4.79 Å². The summed E-state index contributed by atoms with van der Waals surface area (Å²) in [5, 5.41) is 3.46. The zero-order chi connectivity index (χ0) is 14.2. The molecule has 1 N–H and O–H groups in total. The number of rotatable bonds is 7. The lowest BCUT2D eigenvalue weighted by Crippen LogP contribution is -2.22. The fourth-order valence-electron chi connectivity index (χ4n) is 1.64. The molecule has 0 fully saturated rings. The van der Waals surface area contributed by atoms with Gasteiger partial charge in [0.05, 0.1) is 19.4 Å². The largest absolute Gasteiger partial charge is 0.494 e. The van der Waals surface area contributed by atoms with Crippen LogP contribution >= 0.6 is 11.6 Å². The number of carbonyl (C=O) groups excluding carboxylic acids is 1. The van der Waals surface area contributed by atoms with Gasteiger partial charge in [-0.05, 0) is 42.8 Å². The molecule has 0 saturated heterocycles. The maximum atomic E-state index is 11.6. The summed E-state index contributed by atoms with van der Waals surface area (Å²) in [6.07, 6.45) is 2.67. The molecule has 0 unspecified atom stereocenters. The molecule has 106 valence electrons. The Balaban J connectivity index is 1.58. The minimum absolute atomic E-state index is 0.0129. The Morgan fingerprint density at radius 3 is 2.75 bits per heavy atom. The first kappa shape index (κ1) is 14.5. The maximum absolute atomic E-state index is 11.6. The van der Waals surface area contributed by atoms with E-state index in [0.29, 0.717) is 31.0 Å². The summed E-state index contributed by atoms with van der Waals surface area (Å²) in [4.78, 5) is 11.6. The monoisotopic (exact) mass is 293 g/mol. The van der Waals surface area contributed by atoms with Gasteiger partial charge in [0.1, 0.15) is 11.5 Å². The van der Waals surface area contributed by atoms with E-state index in [0.717, 1.165) is 11.5 Å². The average molecular weight is 294 g/mol. The summed E-state index contributed by atoms with van der Waals surface area (Å²) >= 11 is 5.78. The number of furan rings is 1. The molecule has 0 aliphatic heterocycles. The van der Waals surface area contributed by atoms with Crippen LogP contribution in [0.4, 0.5) is 0 Å². The van der Waals surface area contributed by atoms with Gasteiger partial charge < -0.3 is 14.5 Å². The van der Waals surface area contributed by atoms with Crippen molar-refractivity contribution >= 4 is 17.5 Å². The number of benzene rings is 1. The van der Waals surface area contributed by atoms with Gasteiger partial charge >= 0.3 is 0 Å². The van der Waals surface area contributed by atoms with Gasteiger partial charge in [-0.15, -0.1) is 0 Å². The zero-order valence-electron chi connectivity index (χ0n) is 11.0. The molecule has 5 heteroatoms. The lowest BCUT2D eigenvalue weighted by Gasteiger charge is -2.06. The minimum atomic E-state index is -0.0129. The van der Waals surface area contributed by atoms with Crippen LogP contribution in [0.15, 0.2) is 47.1 Å². The van der Waals surface area contributed by atoms with Gasteiger partial charge in [-0.25, -0.2) is 0 Å². The Hall–Kier alpha value is -1.94. The minimum Gasteiger partial charge on any atom is -0.494 e. The van der Waals surface area contributed by atoms with Crippen molar-refractivity contribution in [2.24, 2.45) is 0 Å². The molecule has 2 aromatic rings. The smallest absolute Gasteiger partial charge is 0.220 e. The van der Waals surface area contributed by atoms with Crippen LogP contribution in [0.5, 0.6) is 5.75 Å². The maximum Gasteiger partial charge on any atom is 0.220 e. The molecule has 1 aromatic carbocycles. The lowest BCUT2D eigenvalue weighted by molar-refractivity contribution is -0.121. The van der Waals surface area contributed by atoms with Crippen LogP contribution in [-0.2, 0) is 11.3 Å². The van der Waals surface area contributed by atoms with Crippen molar-refractivity contribution in [3.63, 3.8) is 0 Å². The van der Waals surface area contributed by atoms with Gasteiger partial charge in [0, 0.05) is 11.4 Å². The summed E-state index contributed by atoms with van der Waals surface area (Å²) < 4.78 is 10.6. The van der Waals surface area contributed by atoms with E-state index in [2.05, 4.69) is 5.32 Å². The number of hydrogen-bond acceptors (Lipinski definition) is 3. The average Bonchev–Trinajstić information content (AvgIpc) is 2.96. The number of hydrogen-bond donors (Lipinski definition) is 1. The van der Waals surface area contributed by atoms with E-state index in [1.54, 1.807) is 36.6 Å². The van der Waals surface area contributed by atoms with Crippen molar-refractivity contribution in [1.82, 2.24) is 5.32 Å². The van der Waals surface area contributed by atoms with Crippen LogP contribution in [0.3, 0.4) is 0 Å². The third-order valence-electron chi connectivity index (χ3n) is 2.67. The Morgan fingerprint density at radius 1 is 1.25 bits per heavy atom.